The maximum absolute atomic E-state index is 3.72. The van der Waals surface area contributed by atoms with Crippen LogP contribution >= 0.6 is 0 Å². The van der Waals surface area contributed by atoms with Gasteiger partial charge in [0.2, 0.25) is 0 Å². The van der Waals surface area contributed by atoms with Crippen molar-refractivity contribution < 1.29 is 0 Å². The third-order valence-corrected chi connectivity index (χ3v) is 2.16. The van der Waals surface area contributed by atoms with Crippen LogP contribution in [-0.2, 0) is 0 Å². The Bertz CT molecular complexity index is 131. The van der Waals surface area contributed by atoms with Crippen molar-refractivity contribution in [3.05, 3.63) is 24.3 Å². The van der Waals surface area contributed by atoms with Gasteiger partial charge >= 0.3 is 0 Å². The minimum absolute atomic E-state index is 1.18. The lowest BCUT2D eigenvalue weighted by atomic mass is 10.0. The summed E-state index contributed by atoms with van der Waals surface area (Å²) in [4.78, 5) is 0. The molecule has 0 heterocycles. The molecule has 0 aromatic carbocycles. The molecule has 0 N–H and O–H groups in total. The fourth-order valence-corrected chi connectivity index (χ4v) is 1.32. The second-order valence-electron chi connectivity index (χ2n) is 3.22. The highest BCUT2D eigenvalue weighted by atomic mass is 14.0. The molecular weight excluding hydrogens is 144 g/mol. The second-order valence-corrected chi connectivity index (χ2v) is 3.22. The van der Waals surface area contributed by atoms with Crippen molar-refractivity contribution in [3.63, 3.8) is 0 Å². The minimum atomic E-state index is 1.18. The number of rotatable bonds is 7. The molecule has 0 saturated heterocycles. The van der Waals surface area contributed by atoms with Crippen molar-refractivity contribution in [2.24, 2.45) is 0 Å². The van der Waals surface area contributed by atoms with Crippen LogP contribution in [0.5, 0.6) is 0 Å². The third-order valence-electron chi connectivity index (χ3n) is 2.16. The van der Waals surface area contributed by atoms with Crippen LogP contribution in [0.3, 0.4) is 0 Å². The van der Waals surface area contributed by atoms with Gasteiger partial charge in [0.1, 0.15) is 0 Å². The summed E-state index contributed by atoms with van der Waals surface area (Å²) < 4.78 is 0. The number of allylic oxidation sites excluding steroid dienone is 3. The first-order valence-electron chi connectivity index (χ1n) is 5.15. The molecule has 0 saturated carbocycles. The van der Waals surface area contributed by atoms with E-state index in [1.807, 2.05) is 6.08 Å². The molecule has 0 spiro atoms. The summed E-state index contributed by atoms with van der Waals surface area (Å²) in [5.41, 5.74) is 1.54. The Morgan fingerprint density at radius 2 is 1.92 bits per heavy atom. The van der Waals surface area contributed by atoms with Gasteiger partial charge in [0.15, 0.2) is 0 Å². The molecule has 0 aromatic rings. The molecule has 70 valence electrons. The molecule has 0 nitrogen and oxygen atoms in total. The summed E-state index contributed by atoms with van der Waals surface area (Å²) in [6.07, 6.45) is 11.9. The molecule has 0 aliphatic heterocycles. The van der Waals surface area contributed by atoms with E-state index in [-0.39, 0.29) is 0 Å². The fourth-order valence-electron chi connectivity index (χ4n) is 1.32. The van der Waals surface area contributed by atoms with E-state index in [1.165, 1.54) is 38.5 Å². The summed E-state index contributed by atoms with van der Waals surface area (Å²) in [6.45, 7) is 8.18. The smallest absolute Gasteiger partial charge is 0.0317 e. The molecule has 0 aromatic heterocycles. The Balaban J connectivity index is 3.45. The van der Waals surface area contributed by atoms with E-state index < -0.39 is 0 Å². The summed E-state index contributed by atoms with van der Waals surface area (Å²) in [5.74, 6) is 0. The molecule has 0 heteroatoms. The van der Waals surface area contributed by atoms with Gasteiger partial charge in [0, 0.05) is 0 Å². The predicted molar refractivity (Wildman–Crippen MR) is 57.3 cm³/mol. The van der Waals surface area contributed by atoms with Gasteiger partial charge in [-0.25, -0.2) is 0 Å². The van der Waals surface area contributed by atoms with Crippen LogP contribution < -0.4 is 0 Å². The summed E-state index contributed by atoms with van der Waals surface area (Å²) >= 11 is 0. The van der Waals surface area contributed by atoms with Crippen LogP contribution in [0.15, 0.2) is 24.3 Å². The third kappa shape index (κ3) is 6.21. The second kappa shape index (κ2) is 8.58. The van der Waals surface area contributed by atoms with E-state index >= 15 is 0 Å². The van der Waals surface area contributed by atoms with Gasteiger partial charge in [-0.2, -0.15) is 0 Å². The fraction of sp³-hybridized carbons (Fsp3) is 0.667. The molecular formula is C12H22. The van der Waals surface area contributed by atoms with Crippen LogP contribution in [0, 0.1) is 0 Å². The topological polar surface area (TPSA) is 0 Å². The van der Waals surface area contributed by atoms with E-state index in [2.05, 4.69) is 26.5 Å². The van der Waals surface area contributed by atoms with Crippen molar-refractivity contribution in [2.45, 2.75) is 52.4 Å². The highest BCUT2D eigenvalue weighted by molar-refractivity contribution is 5.09. The van der Waals surface area contributed by atoms with Crippen LogP contribution in [0.1, 0.15) is 52.4 Å². The van der Waals surface area contributed by atoms with Gasteiger partial charge in [-0.3, -0.25) is 0 Å². The first kappa shape index (κ1) is 11.5. The molecule has 0 rings (SSSR count). The van der Waals surface area contributed by atoms with Crippen LogP contribution in [0.25, 0.3) is 0 Å². The first-order chi connectivity index (χ1) is 5.85. The van der Waals surface area contributed by atoms with Crippen molar-refractivity contribution in [2.75, 3.05) is 0 Å². The zero-order valence-electron chi connectivity index (χ0n) is 8.60. The minimum Gasteiger partial charge on any atom is -0.0991 e. The molecule has 0 bridgehead atoms. The highest BCUT2D eigenvalue weighted by Crippen LogP contribution is 2.12. The SMILES string of the molecule is C=C/C=C(\CC)CCCCCC. The van der Waals surface area contributed by atoms with Gasteiger partial charge in [-0.15, -0.1) is 0 Å². The molecule has 0 fully saturated rings. The van der Waals surface area contributed by atoms with E-state index in [0.29, 0.717) is 0 Å². The molecule has 0 atom stereocenters. The van der Waals surface area contributed by atoms with E-state index in [9.17, 15) is 0 Å². The number of hydrogen-bond donors (Lipinski definition) is 0. The van der Waals surface area contributed by atoms with Crippen LogP contribution in [0.2, 0.25) is 0 Å². The van der Waals surface area contributed by atoms with Crippen molar-refractivity contribution in [3.8, 4) is 0 Å². The summed E-state index contributed by atoms with van der Waals surface area (Å²) in [6, 6.07) is 0. The largest absolute Gasteiger partial charge is 0.0991 e. The van der Waals surface area contributed by atoms with Gasteiger partial charge in [-0.05, 0) is 19.3 Å². The van der Waals surface area contributed by atoms with Crippen molar-refractivity contribution >= 4 is 0 Å². The predicted octanol–water partition coefficient (Wildman–Crippen LogP) is 4.48. The van der Waals surface area contributed by atoms with Gasteiger partial charge in [0.25, 0.3) is 0 Å². The Kier molecular flexibility index (Phi) is 8.20. The molecule has 0 aliphatic carbocycles. The van der Waals surface area contributed by atoms with Crippen molar-refractivity contribution in [1.82, 2.24) is 0 Å². The average molecular weight is 166 g/mol. The Morgan fingerprint density at radius 1 is 1.17 bits per heavy atom. The maximum Gasteiger partial charge on any atom is -0.0317 e. The molecule has 0 amide bonds. The lowest BCUT2D eigenvalue weighted by Crippen LogP contribution is -1.82. The number of hydrogen-bond acceptors (Lipinski definition) is 0. The van der Waals surface area contributed by atoms with Gasteiger partial charge < -0.3 is 0 Å². The Labute approximate surface area is 77.4 Å². The van der Waals surface area contributed by atoms with Gasteiger partial charge in [-0.1, -0.05) is 57.4 Å². The highest BCUT2D eigenvalue weighted by Gasteiger charge is 1.92. The van der Waals surface area contributed by atoms with Crippen LogP contribution in [0.4, 0.5) is 0 Å². The van der Waals surface area contributed by atoms with Crippen molar-refractivity contribution in [1.29, 1.82) is 0 Å². The molecule has 0 radical (unpaired) electrons. The average Bonchev–Trinajstić information content (AvgIpc) is 2.10. The maximum atomic E-state index is 3.72. The molecule has 0 unspecified atom stereocenters. The lowest BCUT2D eigenvalue weighted by molar-refractivity contribution is 0.658. The van der Waals surface area contributed by atoms with E-state index in [0.717, 1.165) is 0 Å². The normalized spacial score (nSPS) is 11.7. The Morgan fingerprint density at radius 3 is 2.42 bits per heavy atom. The summed E-state index contributed by atoms with van der Waals surface area (Å²) in [5, 5.41) is 0. The monoisotopic (exact) mass is 166 g/mol. The van der Waals surface area contributed by atoms with Gasteiger partial charge in [0.05, 0.1) is 0 Å². The van der Waals surface area contributed by atoms with Crippen LogP contribution in [-0.4, -0.2) is 0 Å². The standard InChI is InChI=1S/C12H22/c1-4-7-8-9-11-12(6-3)10-5-2/h5,10H,2,4,6-9,11H2,1,3H3/b12-10+. The lowest BCUT2D eigenvalue weighted by Gasteiger charge is -2.02. The van der Waals surface area contributed by atoms with E-state index in [1.54, 1.807) is 5.57 Å². The van der Waals surface area contributed by atoms with E-state index in [4.69, 9.17) is 0 Å². The first-order valence-corrected chi connectivity index (χ1v) is 5.15. The summed E-state index contributed by atoms with van der Waals surface area (Å²) in [7, 11) is 0. The Hall–Kier alpha value is -0.520. The zero-order valence-corrected chi connectivity index (χ0v) is 8.60. The molecule has 0 aliphatic rings. The quantitative estimate of drug-likeness (QED) is 0.386. The number of unbranched alkanes of at least 4 members (excludes halogenated alkanes) is 3. The zero-order chi connectivity index (χ0) is 9.23. The molecule has 12 heavy (non-hydrogen) atoms.